The molecular formula is C20H22N2O2S. The molecule has 3 aromatic rings. The summed E-state index contributed by atoms with van der Waals surface area (Å²) >= 11 is 0. The highest BCUT2D eigenvalue weighted by Crippen LogP contribution is 2.32. The number of aromatic nitrogens is 1. The highest BCUT2D eigenvalue weighted by Gasteiger charge is 2.32. The molecule has 130 valence electrons. The van der Waals surface area contributed by atoms with Gasteiger partial charge >= 0.3 is 0 Å². The molecule has 0 radical (unpaired) electrons. The van der Waals surface area contributed by atoms with Gasteiger partial charge in [-0.25, -0.2) is 8.42 Å². The Labute approximate surface area is 148 Å². The van der Waals surface area contributed by atoms with Crippen LogP contribution in [0, 0.1) is 20.8 Å². The van der Waals surface area contributed by atoms with Crippen LogP contribution in [0.25, 0.3) is 10.9 Å². The van der Waals surface area contributed by atoms with Crippen molar-refractivity contribution in [1.82, 2.24) is 9.29 Å². The molecule has 0 spiro atoms. The van der Waals surface area contributed by atoms with E-state index in [1.807, 2.05) is 51.1 Å². The van der Waals surface area contributed by atoms with E-state index in [4.69, 9.17) is 0 Å². The smallest absolute Gasteiger partial charge is 0.243 e. The summed E-state index contributed by atoms with van der Waals surface area (Å²) in [5.74, 6) is 0. The molecule has 1 aliphatic rings. The Morgan fingerprint density at radius 2 is 1.72 bits per heavy atom. The van der Waals surface area contributed by atoms with Crippen molar-refractivity contribution in [1.29, 1.82) is 0 Å². The summed E-state index contributed by atoms with van der Waals surface area (Å²) < 4.78 is 28.2. The third-order valence-corrected chi connectivity index (χ3v) is 7.20. The van der Waals surface area contributed by atoms with E-state index in [0.717, 1.165) is 34.3 Å². The lowest BCUT2D eigenvalue weighted by Gasteiger charge is -2.28. The van der Waals surface area contributed by atoms with Gasteiger partial charge in [0.2, 0.25) is 10.0 Å². The number of benzene rings is 2. The number of rotatable bonds is 2. The summed E-state index contributed by atoms with van der Waals surface area (Å²) in [5.41, 5.74) is 6.07. The summed E-state index contributed by atoms with van der Waals surface area (Å²) in [6.45, 7) is 6.67. The van der Waals surface area contributed by atoms with Crippen LogP contribution in [0.2, 0.25) is 0 Å². The second-order valence-electron chi connectivity index (χ2n) is 6.94. The molecule has 0 saturated carbocycles. The van der Waals surface area contributed by atoms with Crippen molar-refractivity contribution < 1.29 is 8.42 Å². The van der Waals surface area contributed by atoms with Gasteiger partial charge in [0, 0.05) is 23.1 Å². The zero-order valence-corrected chi connectivity index (χ0v) is 15.6. The van der Waals surface area contributed by atoms with Gasteiger partial charge in [0.25, 0.3) is 0 Å². The molecule has 1 N–H and O–H groups in total. The maximum atomic E-state index is 13.3. The van der Waals surface area contributed by atoms with Crippen molar-refractivity contribution in [2.75, 3.05) is 6.54 Å². The lowest BCUT2D eigenvalue weighted by Crippen LogP contribution is -2.36. The number of sulfonamides is 1. The Balaban J connectivity index is 1.76. The van der Waals surface area contributed by atoms with Crippen molar-refractivity contribution in [3.05, 3.63) is 64.3 Å². The van der Waals surface area contributed by atoms with E-state index in [-0.39, 0.29) is 0 Å². The molecule has 0 fully saturated rings. The van der Waals surface area contributed by atoms with Crippen molar-refractivity contribution in [3.63, 3.8) is 0 Å². The van der Waals surface area contributed by atoms with E-state index in [1.165, 1.54) is 10.9 Å². The monoisotopic (exact) mass is 354 g/mol. The molecule has 0 atom stereocenters. The molecule has 0 aliphatic carbocycles. The molecule has 4 rings (SSSR count). The predicted molar refractivity (Wildman–Crippen MR) is 100 cm³/mol. The van der Waals surface area contributed by atoms with Crippen LogP contribution in [0.4, 0.5) is 0 Å². The normalized spacial score (nSPS) is 15.5. The fourth-order valence-electron chi connectivity index (χ4n) is 4.08. The fraction of sp³-hybridized carbons (Fsp3) is 0.300. The van der Waals surface area contributed by atoms with Crippen LogP contribution in [-0.4, -0.2) is 24.3 Å². The van der Waals surface area contributed by atoms with Gasteiger partial charge in [0.15, 0.2) is 0 Å². The van der Waals surface area contributed by atoms with Crippen molar-refractivity contribution in [3.8, 4) is 0 Å². The molecule has 0 saturated heterocycles. The van der Waals surface area contributed by atoms with Crippen LogP contribution in [0.15, 0.2) is 41.3 Å². The molecule has 1 aromatic heterocycles. The van der Waals surface area contributed by atoms with Gasteiger partial charge < -0.3 is 4.98 Å². The minimum Gasteiger partial charge on any atom is -0.357 e. The summed E-state index contributed by atoms with van der Waals surface area (Å²) in [7, 11) is -3.51. The van der Waals surface area contributed by atoms with Crippen molar-refractivity contribution >= 4 is 20.9 Å². The van der Waals surface area contributed by atoms with E-state index < -0.39 is 10.0 Å². The number of fused-ring (bicyclic) bond motifs is 3. The van der Waals surface area contributed by atoms with Gasteiger partial charge in [-0.3, -0.25) is 0 Å². The van der Waals surface area contributed by atoms with E-state index in [9.17, 15) is 8.42 Å². The predicted octanol–water partition coefficient (Wildman–Crippen LogP) is 3.84. The number of H-pyrrole nitrogens is 1. The van der Waals surface area contributed by atoms with Gasteiger partial charge in [-0.2, -0.15) is 4.31 Å². The summed E-state index contributed by atoms with van der Waals surface area (Å²) in [6.07, 6.45) is 0.739. The second-order valence-corrected chi connectivity index (χ2v) is 8.82. The fourth-order valence-corrected chi connectivity index (χ4v) is 5.90. The molecular weight excluding hydrogens is 332 g/mol. The zero-order chi connectivity index (χ0) is 17.8. The number of nitrogens with one attached hydrogen (secondary N) is 1. The van der Waals surface area contributed by atoms with Crippen LogP contribution in [-0.2, 0) is 23.0 Å². The molecule has 4 nitrogen and oxygen atoms in total. The standard InChI is InChI=1S/C20H22N2O2S/c1-13-10-14(2)20(15(3)11-13)25(23,24)22-9-8-17-16-6-4-5-7-18(16)21-19(17)12-22/h4-7,10-11,21H,8-9,12H2,1-3H3. The van der Waals surface area contributed by atoms with Crippen molar-refractivity contribution in [2.45, 2.75) is 38.6 Å². The molecule has 2 heterocycles. The molecule has 25 heavy (non-hydrogen) atoms. The first-order valence-electron chi connectivity index (χ1n) is 8.54. The van der Waals surface area contributed by atoms with E-state index in [0.29, 0.717) is 18.0 Å². The third-order valence-electron chi connectivity index (χ3n) is 5.05. The number of hydrogen-bond donors (Lipinski definition) is 1. The lowest BCUT2D eigenvalue weighted by molar-refractivity contribution is 0.388. The van der Waals surface area contributed by atoms with Gasteiger partial charge in [0.05, 0.1) is 11.4 Å². The van der Waals surface area contributed by atoms with Crippen LogP contribution in [0.5, 0.6) is 0 Å². The topological polar surface area (TPSA) is 53.2 Å². The molecule has 0 bridgehead atoms. The van der Waals surface area contributed by atoms with Gasteiger partial charge in [-0.15, -0.1) is 0 Å². The first-order valence-corrected chi connectivity index (χ1v) is 9.98. The minimum absolute atomic E-state index is 0.402. The van der Waals surface area contributed by atoms with Crippen molar-refractivity contribution in [2.24, 2.45) is 0 Å². The van der Waals surface area contributed by atoms with Gasteiger partial charge in [-0.05, 0) is 49.9 Å². The molecule has 0 amide bonds. The molecule has 2 aromatic carbocycles. The largest absolute Gasteiger partial charge is 0.357 e. The summed E-state index contributed by atoms with van der Waals surface area (Å²) in [6, 6.07) is 12.1. The quantitative estimate of drug-likeness (QED) is 0.760. The Kier molecular flexibility index (Phi) is 3.74. The SMILES string of the molecule is Cc1cc(C)c(S(=O)(=O)N2CCc3c([nH]c4ccccc34)C2)c(C)c1. The average molecular weight is 354 g/mol. The second kappa shape index (κ2) is 5.71. The highest BCUT2D eigenvalue weighted by molar-refractivity contribution is 7.89. The first kappa shape index (κ1) is 16.4. The number of aryl methyl sites for hydroxylation is 3. The third kappa shape index (κ3) is 2.58. The maximum absolute atomic E-state index is 13.3. The van der Waals surface area contributed by atoms with Gasteiger partial charge in [0.1, 0.15) is 0 Å². The van der Waals surface area contributed by atoms with E-state index in [2.05, 4.69) is 11.1 Å². The zero-order valence-electron chi connectivity index (χ0n) is 14.8. The Hall–Kier alpha value is -2.11. The average Bonchev–Trinajstić information content (AvgIpc) is 2.91. The van der Waals surface area contributed by atoms with E-state index >= 15 is 0 Å². The van der Waals surface area contributed by atoms with E-state index in [1.54, 1.807) is 4.31 Å². The Morgan fingerprint density at radius 3 is 2.44 bits per heavy atom. The molecule has 1 aliphatic heterocycles. The Morgan fingerprint density at radius 1 is 1.04 bits per heavy atom. The molecule has 5 heteroatoms. The summed E-state index contributed by atoms with van der Waals surface area (Å²) in [4.78, 5) is 3.86. The maximum Gasteiger partial charge on any atom is 0.243 e. The lowest BCUT2D eigenvalue weighted by atomic mass is 10.1. The summed E-state index contributed by atoms with van der Waals surface area (Å²) in [5, 5.41) is 1.21. The van der Waals surface area contributed by atoms with Crippen LogP contribution >= 0.6 is 0 Å². The minimum atomic E-state index is -3.51. The number of hydrogen-bond acceptors (Lipinski definition) is 2. The van der Waals surface area contributed by atoms with Gasteiger partial charge in [-0.1, -0.05) is 35.9 Å². The van der Waals surface area contributed by atoms with Crippen LogP contribution < -0.4 is 0 Å². The number of para-hydroxylation sites is 1. The van der Waals surface area contributed by atoms with Crippen LogP contribution in [0.3, 0.4) is 0 Å². The highest BCUT2D eigenvalue weighted by atomic mass is 32.2. The Bertz CT molecular complexity index is 1060. The first-order chi connectivity index (χ1) is 11.9. The van der Waals surface area contributed by atoms with Crippen LogP contribution in [0.1, 0.15) is 27.9 Å². The molecule has 0 unspecified atom stereocenters. The number of aromatic amines is 1. The number of nitrogens with zero attached hydrogens (tertiary/aromatic N) is 1.